The molecule has 1 heterocycles. The van der Waals surface area contributed by atoms with Crippen LogP contribution in [0.5, 0.6) is 5.75 Å². The van der Waals surface area contributed by atoms with Crippen LogP contribution in [0.4, 0.5) is 11.4 Å². The van der Waals surface area contributed by atoms with E-state index in [1.165, 1.54) is 6.92 Å². The van der Waals surface area contributed by atoms with Gasteiger partial charge < -0.3 is 20.3 Å². The number of carbonyl (C=O) groups is 1. The fourth-order valence-corrected chi connectivity index (χ4v) is 3.39. The molecule has 1 amide bonds. The van der Waals surface area contributed by atoms with E-state index < -0.39 is 0 Å². The molecule has 33 heavy (non-hydrogen) atoms. The molecular formula is C27H32N4O2. The van der Waals surface area contributed by atoms with Gasteiger partial charge >= 0.3 is 0 Å². The van der Waals surface area contributed by atoms with Crippen molar-refractivity contribution in [1.29, 1.82) is 0 Å². The molecule has 0 saturated carbocycles. The molecule has 2 aromatic rings. The third-order valence-electron chi connectivity index (χ3n) is 5.12. The van der Waals surface area contributed by atoms with Crippen molar-refractivity contribution in [3.63, 3.8) is 0 Å². The van der Waals surface area contributed by atoms with Gasteiger partial charge in [0.1, 0.15) is 5.75 Å². The van der Waals surface area contributed by atoms with Gasteiger partial charge in [0.2, 0.25) is 5.91 Å². The number of carbonyl (C=O) groups excluding carboxylic acids is 1. The van der Waals surface area contributed by atoms with E-state index in [2.05, 4.69) is 50.1 Å². The van der Waals surface area contributed by atoms with Crippen LogP contribution in [-0.2, 0) is 11.2 Å². The summed E-state index contributed by atoms with van der Waals surface area (Å²) in [5.41, 5.74) is 5.10. The monoisotopic (exact) mass is 444 g/mol. The highest BCUT2D eigenvalue weighted by atomic mass is 16.5. The van der Waals surface area contributed by atoms with Gasteiger partial charge in [-0.1, -0.05) is 51.6 Å². The van der Waals surface area contributed by atoms with Crippen LogP contribution in [0.2, 0.25) is 0 Å². The lowest BCUT2D eigenvalue weighted by Crippen LogP contribution is -2.27. The molecule has 1 aliphatic heterocycles. The number of aryl methyl sites for hydroxylation is 1. The highest BCUT2D eigenvalue weighted by molar-refractivity contribution is 6.11. The van der Waals surface area contributed by atoms with Crippen molar-refractivity contribution in [3.05, 3.63) is 84.3 Å². The zero-order valence-corrected chi connectivity index (χ0v) is 20.0. The lowest BCUT2D eigenvalue weighted by molar-refractivity contribution is -0.114. The quantitative estimate of drug-likeness (QED) is 0.548. The summed E-state index contributed by atoms with van der Waals surface area (Å²) in [6, 6.07) is 13.7. The molecule has 0 saturated heterocycles. The van der Waals surface area contributed by atoms with Crippen LogP contribution < -0.4 is 15.4 Å². The van der Waals surface area contributed by atoms with Crippen LogP contribution in [0.15, 0.2) is 78.2 Å². The number of amidine groups is 1. The molecule has 2 N–H and O–H groups in total. The van der Waals surface area contributed by atoms with Crippen molar-refractivity contribution in [1.82, 2.24) is 4.90 Å². The highest BCUT2D eigenvalue weighted by Crippen LogP contribution is 2.29. The number of methoxy groups -OCH3 is 1. The molecule has 0 aromatic heterocycles. The molecule has 2 aromatic carbocycles. The number of nitrogens with one attached hydrogen (secondary N) is 2. The topological polar surface area (TPSA) is 66.0 Å². The van der Waals surface area contributed by atoms with Crippen LogP contribution in [0.1, 0.15) is 38.8 Å². The van der Waals surface area contributed by atoms with Gasteiger partial charge in [0, 0.05) is 42.3 Å². The second-order valence-electron chi connectivity index (χ2n) is 8.18. The fraction of sp³-hybridized carbons (Fsp3) is 0.259. The summed E-state index contributed by atoms with van der Waals surface area (Å²) in [6.07, 6.45) is 6.94. The third-order valence-corrected chi connectivity index (χ3v) is 5.12. The highest BCUT2D eigenvalue weighted by Gasteiger charge is 2.19. The van der Waals surface area contributed by atoms with Crippen LogP contribution in [-0.4, -0.2) is 23.8 Å². The summed E-state index contributed by atoms with van der Waals surface area (Å²) < 4.78 is 5.54. The minimum atomic E-state index is -0.116. The second-order valence-corrected chi connectivity index (χ2v) is 8.18. The maximum absolute atomic E-state index is 11.5. The number of allylic oxidation sites excluding steroid dienone is 1. The van der Waals surface area contributed by atoms with Gasteiger partial charge in [-0.15, -0.1) is 0 Å². The number of rotatable bonds is 7. The van der Waals surface area contributed by atoms with Gasteiger partial charge in [-0.2, -0.15) is 0 Å². The Labute approximate surface area is 196 Å². The SMILES string of the molecule is C=C1C(Nc2ccc(CC)c(OC)c2)=NC(c2cccc(NC(C)=O)c2)=CN1/C=C\C(C)C. The summed E-state index contributed by atoms with van der Waals surface area (Å²) in [5.74, 6) is 1.74. The summed E-state index contributed by atoms with van der Waals surface area (Å²) >= 11 is 0. The first kappa shape index (κ1) is 23.9. The summed E-state index contributed by atoms with van der Waals surface area (Å²) in [4.78, 5) is 18.3. The number of benzene rings is 2. The smallest absolute Gasteiger partial charge is 0.221 e. The molecule has 6 nitrogen and oxygen atoms in total. The number of amides is 1. The van der Waals surface area contributed by atoms with E-state index in [9.17, 15) is 4.79 Å². The molecule has 0 aliphatic carbocycles. The maximum Gasteiger partial charge on any atom is 0.221 e. The molecule has 0 atom stereocenters. The minimum Gasteiger partial charge on any atom is -0.496 e. The first-order valence-electron chi connectivity index (χ1n) is 11.1. The molecule has 172 valence electrons. The van der Waals surface area contributed by atoms with Gasteiger partial charge in [0.25, 0.3) is 0 Å². The predicted molar refractivity (Wildman–Crippen MR) is 137 cm³/mol. The number of aliphatic imine (C=N–C) groups is 1. The Morgan fingerprint density at radius 1 is 1.21 bits per heavy atom. The Balaban J connectivity index is 2.00. The number of hydrogen-bond donors (Lipinski definition) is 2. The van der Waals surface area contributed by atoms with E-state index in [0.29, 0.717) is 11.8 Å². The Kier molecular flexibility index (Phi) is 7.72. The molecule has 0 radical (unpaired) electrons. The van der Waals surface area contributed by atoms with E-state index in [-0.39, 0.29) is 5.91 Å². The zero-order chi connectivity index (χ0) is 24.0. The van der Waals surface area contributed by atoms with Gasteiger partial charge in [0.15, 0.2) is 5.84 Å². The molecule has 1 aliphatic rings. The average molecular weight is 445 g/mol. The summed E-state index contributed by atoms with van der Waals surface area (Å²) in [7, 11) is 1.68. The van der Waals surface area contributed by atoms with E-state index in [0.717, 1.165) is 46.1 Å². The third kappa shape index (κ3) is 6.13. The molecule has 0 fully saturated rings. The van der Waals surface area contributed by atoms with Crippen LogP contribution in [0.3, 0.4) is 0 Å². The van der Waals surface area contributed by atoms with Crippen molar-refractivity contribution in [2.24, 2.45) is 10.9 Å². The van der Waals surface area contributed by atoms with Crippen molar-refractivity contribution < 1.29 is 9.53 Å². The largest absolute Gasteiger partial charge is 0.496 e. The minimum absolute atomic E-state index is 0.116. The first-order chi connectivity index (χ1) is 15.8. The first-order valence-corrected chi connectivity index (χ1v) is 11.1. The van der Waals surface area contributed by atoms with Gasteiger partial charge in [-0.3, -0.25) is 4.79 Å². The Hall–Kier alpha value is -3.80. The number of anilines is 2. The standard InChI is InChI=1S/C27H32N4O2/c1-7-21-11-12-24(16-26(21)33-6)29-27-19(4)31(14-13-18(2)3)17-25(30-27)22-9-8-10-23(15-22)28-20(5)32/h8-18H,4,7H2,1-3,5-6H3,(H,28,32)(H,29,30)/b14-13-. The summed E-state index contributed by atoms with van der Waals surface area (Å²) in [5, 5.41) is 6.23. The van der Waals surface area contributed by atoms with E-state index >= 15 is 0 Å². The van der Waals surface area contributed by atoms with Crippen LogP contribution in [0, 0.1) is 5.92 Å². The Morgan fingerprint density at radius 2 is 2.00 bits per heavy atom. The number of hydrogen-bond acceptors (Lipinski definition) is 5. The van der Waals surface area contributed by atoms with Gasteiger partial charge in [-0.25, -0.2) is 4.99 Å². The van der Waals surface area contributed by atoms with Gasteiger partial charge in [-0.05, 0) is 36.1 Å². The van der Waals surface area contributed by atoms with Crippen molar-refractivity contribution >= 4 is 28.8 Å². The number of nitrogens with zero attached hydrogens (tertiary/aromatic N) is 2. The Morgan fingerprint density at radius 3 is 2.67 bits per heavy atom. The Bertz CT molecular complexity index is 1130. The normalized spacial score (nSPS) is 13.8. The zero-order valence-electron chi connectivity index (χ0n) is 20.0. The van der Waals surface area contributed by atoms with E-state index in [4.69, 9.17) is 9.73 Å². The van der Waals surface area contributed by atoms with Crippen LogP contribution in [0.25, 0.3) is 5.70 Å². The lowest BCUT2D eigenvalue weighted by Gasteiger charge is -2.27. The van der Waals surface area contributed by atoms with E-state index in [1.54, 1.807) is 7.11 Å². The molecule has 6 heteroatoms. The molecule has 0 spiro atoms. The van der Waals surface area contributed by atoms with Crippen molar-refractivity contribution in [2.45, 2.75) is 34.1 Å². The lowest BCUT2D eigenvalue weighted by atomic mass is 10.1. The van der Waals surface area contributed by atoms with Crippen molar-refractivity contribution in [2.75, 3.05) is 17.7 Å². The van der Waals surface area contributed by atoms with Crippen LogP contribution >= 0.6 is 0 Å². The van der Waals surface area contributed by atoms with Crippen molar-refractivity contribution in [3.8, 4) is 5.75 Å². The number of ether oxygens (including phenoxy) is 1. The predicted octanol–water partition coefficient (Wildman–Crippen LogP) is 6.02. The fourth-order valence-electron chi connectivity index (χ4n) is 3.39. The summed E-state index contributed by atoms with van der Waals surface area (Å²) in [6.45, 7) is 12.1. The molecule has 0 unspecified atom stereocenters. The molecule has 0 bridgehead atoms. The maximum atomic E-state index is 11.5. The molecular weight excluding hydrogens is 412 g/mol. The second kappa shape index (κ2) is 10.7. The van der Waals surface area contributed by atoms with Gasteiger partial charge in [0.05, 0.1) is 18.5 Å². The average Bonchev–Trinajstić information content (AvgIpc) is 2.79. The van der Waals surface area contributed by atoms with E-state index in [1.807, 2.05) is 53.7 Å². The molecule has 3 rings (SSSR count).